The molecule has 18 heavy (non-hydrogen) atoms. The van der Waals surface area contributed by atoms with Crippen LogP contribution in [-0.2, 0) is 4.79 Å². The summed E-state index contributed by atoms with van der Waals surface area (Å²) < 4.78 is 0. The standard InChI is InChI=1S/C9H17NOS.C4H9NS/c1-3-8(2)9(11)10-4-6-12-7-5-10;1-3-6-4-2-5-1/h8H,3-7H2,1-2H3;5H,1-4H2/t8-;/m1./s1. The van der Waals surface area contributed by atoms with E-state index in [1.807, 2.05) is 35.3 Å². The molecule has 0 radical (unpaired) electrons. The average Bonchev–Trinajstić information content (AvgIpc) is 2.49. The first-order valence-electron chi connectivity index (χ1n) is 6.90. The molecule has 1 amide bonds. The van der Waals surface area contributed by atoms with Crippen LogP contribution in [0.1, 0.15) is 20.3 Å². The van der Waals surface area contributed by atoms with E-state index in [0.29, 0.717) is 5.91 Å². The van der Waals surface area contributed by atoms with E-state index in [0.717, 1.165) is 31.0 Å². The first-order chi connectivity index (χ1) is 8.75. The molecule has 2 saturated heterocycles. The summed E-state index contributed by atoms with van der Waals surface area (Å²) in [7, 11) is 0. The Morgan fingerprint density at radius 2 is 1.72 bits per heavy atom. The topological polar surface area (TPSA) is 32.3 Å². The van der Waals surface area contributed by atoms with Crippen LogP contribution in [0, 0.1) is 5.92 Å². The molecule has 2 rings (SSSR count). The van der Waals surface area contributed by atoms with E-state index in [2.05, 4.69) is 12.2 Å². The van der Waals surface area contributed by atoms with E-state index in [1.54, 1.807) is 0 Å². The lowest BCUT2D eigenvalue weighted by Gasteiger charge is -2.28. The zero-order valence-electron chi connectivity index (χ0n) is 11.6. The van der Waals surface area contributed by atoms with Gasteiger partial charge in [0, 0.05) is 55.1 Å². The molecule has 0 aromatic rings. The SMILES string of the molecule is C1CSCCN1.CC[C@@H](C)C(=O)N1CCSCC1. The third kappa shape index (κ3) is 6.34. The van der Waals surface area contributed by atoms with E-state index >= 15 is 0 Å². The minimum absolute atomic E-state index is 0.216. The van der Waals surface area contributed by atoms with Gasteiger partial charge in [0.05, 0.1) is 0 Å². The molecule has 1 N–H and O–H groups in total. The van der Waals surface area contributed by atoms with Gasteiger partial charge in [0.15, 0.2) is 0 Å². The minimum atomic E-state index is 0.216. The number of hydrogen-bond donors (Lipinski definition) is 1. The Kier molecular flexibility index (Phi) is 8.98. The fourth-order valence-electron chi connectivity index (χ4n) is 1.79. The Morgan fingerprint density at radius 3 is 2.11 bits per heavy atom. The molecule has 5 heteroatoms. The van der Waals surface area contributed by atoms with Gasteiger partial charge in [-0.1, -0.05) is 13.8 Å². The molecule has 0 saturated carbocycles. The lowest BCUT2D eigenvalue weighted by atomic mass is 10.1. The molecule has 2 fully saturated rings. The Morgan fingerprint density at radius 1 is 1.17 bits per heavy atom. The van der Waals surface area contributed by atoms with E-state index in [9.17, 15) is 4.79 Å². The van der Waals surface area contributed by atoms with Crippen LogP contribution in [-0.4, -0.2) is 60.0 Å². The van der Waals surface area contributed by atoms with E-state index in [1.165, 1.54) is 24.6 Å². The van der Waals surface area contributed by atoms with Gasteiger partial charge in [0.1, 0.15) is 0 Å². The Bertz CT molecular complexity index is 218. The first kappa shape index (κ1) is 16.2. The Balaban J connectivity index is 0.000000225. The van der Waals surface area contributed by atoms with Crippen LogP contribution in [0.4, 0.5) is 0 Å². The van der Waals surface area contributed by atoms with Gasteiger partial charge in [-0.2, -0.15) is 23.5 Å². The maximum atomic E-state index is 11.6. The van der Waals surface area contributed by atoms with Gasteiger partial charge in [-0.25, -0.2) is 0 Å². The molecule has 0 unspecified atom stereocenters. The van der Waals surface area contributed by atoms with Crippen LogP contribution in [0.25, 0.3) is 0 Å². The fourth-order valence-corrected chi connectivity index (χ4v) is 3.47. The summed E-state index contributed by atoms with van der Waals surface area (Å²) in [6.07, 6.45) is 0.961. The monoisotopic (exact) mass is 290 g/mol. The highest BCUT2D eigenvalue weighted by Gasteiger charge is 2.20. The smallest absolute Gasteiger partial charge is 0.225 e. The lowest BCUT2D eigenvalue weighted by Crippen LogP contribution is -2.40. The molecule has 0 spiro atoms. The molecule has 2 aliphatic heterocycles. The van der Waals surface area contributed by atoms with Crippen molar-refractivity contribution in [1.82, 2.24) is 10.2 Å². The van der Waals surface area contributed by atoms with Crippen molar-refractivity contribution in [3.05, 3.63) is 0 Å². The van der Waals surface area contributed by atoms with Crippen molar-refractivity contribution >= 4 is 29.4 Å². The van der Waals surface area contributed by atoms with Crippen molar-refractivity contribution < 1.29 is 4.79 Å². The van der Waals surface area contributed by atoms with E-state index < -0.39 is 0 Å². The van der Waals surface area contributed by atoms with Gasteiger partial charge in [0.2, 0.25) is 5.91 Å². The maximum Gasteiger partial charge on any atom is 0.225 e. The number of thioether (sulfide) groups is 2. The summed E-state index contributed by atoms with van der Waals surface area (Å²) in [6.45, 7) is 8.42. The van der Waals surface area contributed by atoms with Crippen molar-refractivity contribution in [2.45, 2.75) is 20.3 Å². The maximum absolute atomic E-state index is 11.6. The molecule has 0 aliphatic carbocycles. The average molecular weight is 290 g/mol. The summed E-state index contributed by atoms with van der Waals surface area (Å²) in [5.74, 6) is 5.40. The number of rotatable bonds is 2. The van der Waals surface area contributed by atoms with Crippen molar-refractivity contribution in [2.24, 2.45) is 5.92 Å². The van der Waals surface area contributed by atoms with Gasteiger partial charge < -0.3 is 10.2 Å². The molecule has 2 heterocycles. The second kappa shape index (κ2) is 9.98. The quantitative estimate of drug-likeness (QED) is 0.842. The summed E-state index contributed by atoms with van der Waals surface area (Å²) >= 11 is 3.97. The van der Waals surface area contributed by atoms with Crippen LogP contribution in [0.2, 0.25) is 0 Å². The van der Waals surface area contributed by atoms with Crippen LogP contribution in [0.3, 0.4) is 0 Å². The molecule has 3 nitrogen and oxygen atoms in total. The van der Waals surface area contributed by atoms with Crippen molar-refractivity contribution in [2.75, 3.05) is 49.2 Å². The van der Waals surface area contributed by atoms with Gasteiger partial charge in [-0.15, -0.1) is 0 Å². The predicted octanol–water partition coefficient (Wildman–Crippen LogP) is 1.93. The molecular weight excluding hydrogens is 264 g/mol. The van der Waals surface area contributed by atoms with Crippen LogP contribution < -0.4 is 5.32 Å². The number of hydrogen-bond acceptors (Lipinski definition) is 4. The number of nitrogens with zero attached hydrogens (tertiary/aromatic N) is 1. The van der Waals surface area contributed by atoms with Gasteiger partial charge in [-0.3, -0.25) is 4.79 Å². The van der Waals surface area contributed by atoms with Crippen LogP contribution >= 0.6 is 23.5 Å². The third-order valence-electron chi connectivity index (χ3n) is 3.20. The van der Waals surface area contributed by atoms with Crippen molar-refractivity contribution in [3.8, 4) is 0 Å². The Hall–Kier alpha value is 0.130. The second-order valence-corrected chi connectivity index (χ2v) is 7.06. The number of carbonyl (C=O) groups excluding carboxylic acids is 1. The normalized spacial score (nSPS) is 21.8. The second-order valence-electron chi connectivity index (χ2n) is 4.61. The van der Waals surface area contributed by atoms with E-state index in [-0.39, 0.29) is 5.92 Å². The van der Waals surface area contributed by atoms with Gasteiger partial charge >= 0.3 is 0 Å². The van der Waals surface area contributed by atoms with E-state index in [4.69, 9.17) is 0 Å². The molecular formula is C13H26N2OS2. The number of amides is 1. The van der Waals surface area contributed by atoms with Crippen molar-refractivity contribution in [3.63, 3.8) is 0 Å². The molecule has 0 bridgehead atoms. The summed E-state index contributed by atoms with van der Waals surface area (Å²) in [4.78, 5) is 13.7. The zero-order valence-corrected chi connectivity index (χ0v) is 13.2. The highest BCUT2D eigenvalue weighted by atomic mass is 32.2. The largest absolute Gasteiger partial charge is 0.341 e. The molecule has 1 atom stereocenters. The predicted molar refractivity (Wildman–Crippen MR) is 83.6 cm³/mol. The molecule has 0 aromatic carbocycles. The first-order valence-corrected chi connectivity index (χ1v) is 9.21. The molecule has 0 aromatic heterocycles. The number of nitrogens with one attached hydrogen (secondary N) is 1. The van der Waals surface area contributed by atoms with Gasteiger partial charge in [-0.05, 0) is 6.42 Å². The highest BCUT2D eigenvalue weighted by molar-refractivity contribution is 7.99. The van der Waals surface area contributed by atoms with Crippen molar-refractivity contribution in [1.29, 1.82) is 0 Å². The Labute approximate surface area is 120 Å². The van der Waals surface area contributed by atoms with Crippen LogP contribution in [0.15, 0.2) is 0 Å². The summed E-state index contributed by atoms with van der Waals surface area (Å²) in [5.41, 5.74) is 0. The van der Waals surface area contributed by atoms with Gasteiger partial charge in [0.25, 0.3) is 0 Å². The lowest BCUT2D eigenvalue weighted by molar-refractivity contribution is -0.134. The molecule has 106 valence electrons. The number of carbonyl (C=O) groups is 1. The summed E-state index contributed by atoms with van der Waals surface area (Å²) in [5, 5.41) is 3.26. The highest BCUT2D eigenvalue weighted by Crippen LogP contribution is 2.13. The third-order valence-corrected chi connectivity index (χ3v) is 5.13. The fraction of sp³-hybridized carbons (Fsp3) is 0.923. The summed E-state index contributed by atoms with van der Waals surface area (Å²) in [6, 6.07) is 0. The molecule has 2 aliphatic rings. The minimum Gasteiger partial charge on any atom is -0.341 e. The zero-order chi connectivity index (χ0) is 13.2. The van der Waals surface area contributed by atoms with Crippen LogP contribution in [0.5, 0.6) is 0 Å².